The molecule has 4 heteroatoms. The third-order valence-electron chi connectivity index (χ3n) is 4.42. The number of anilines is 1. The van der Waals surface area contributed by atoms with Gasteiger partial charge < -0.3 is 9.88 Å². The second kappa shape index (κ2) is 6.06. The van der Waals surface area contributed by atoms with Crippen molar-refractivity contribution >= 4 is 16.7 Å². The van der Waals surface area contributed by atoms with Crippen molar-refractivity contribution in [2.45, 2.75) is 6.92 Å². The van der Waals surface area contributed by atoms with E-state index in [1.54, 1.807) is 0 Å². The number of nitrogens with one attached hydrogen (secondary N) is 1. The summed E-state index contributed by atoms with van der Waals surface area (Å²) in [5, 5.41) is 3.70. The molecule has 2 aromatic carbocycles. The molecule has 0 unspecified atom stereocenters. The van der Waals surface area contributed by atoms with Gasteiger partial charge in [-0.3, -0.25) is 0 Å². The SMILES string of the molecule is CNc1cccc(-c2cccc(-n3ccc4c(F)ccc(C)c43)c2)n1. The standard InChI is InChI=1S/C21H18FN3/c1-14-9-10-18(22)17-11-12-25(21(14)17)16-6-3-5-15(13-16)19-7-4-8-20(23-2)24-19/h3-13H,1-2H3,(H,23,24). The van der Waals surface area contributed by atoms with Crippen molar-refractivity contribution in [2.24, 2.45) is 0 Å². The summed E-state index contributed by atoms with van der Waals surface area (Å²) >= 11 is 0. The minimum Gasteiger partial charge on any atom is -0.373 e. The van der Waals surface area contributed by atoms with Gasteiger partial charge in [0.2, 0.25) is 0 Å². The molecule has 0 radical (unpaired) electrons. The molecule has 0 aliphatic heterocycles. The molecule has 0 saturated carbocycles. The maximum absolute atomic E-state index is 14.1. The number of pyridine rings is 1. The van der Waals surface area contributed by atoms with Gasteiger partial charge in [0.25, 0.3) is 0 Å². The molecule has 0 amide bonds. The van der Waals surface area contributed by atoms with E-state index in [9.17, 15) is 4.39 Å². The van der Waals surface area contributed by atoms with Gasteiger partial charge in [-0.05, 0) is 48.9 Å². The Morgan fingerprint density at radius 1 is 1.00 bits per heavy atom. The lowest BCUT2D eigenvalue weighted by atomic mass is 10.1. The lowest BCUT2D eigenvalue weighted by Gasteiger charge is -2.10. The molecule has 0 aliphatic carbocycles. The van der Waals surface area contributed by atoms with E-state index in [0.29, 0.717) is 5.39 Å². The summed E-state index contributed by atoms with van der Waals surface area (Å²) in [4.78, 5) is 4.60. The second-order valence-corrected chi connectivity index (χ2v) is 6.02. The average Bonchev–Trinajstić information content (AvgIpc) is 3.11. The van der Waals surface area contributed by atoms with Gasteiger partial charge in [-0.15, -0.1) is 0 Å². The van der Waals surface area contributed by atoms with E-state index >= 15 is 0 Å². The fourth-order valence-electron chi connectivity index (χ4n) is 3.16. The lowest BCUT2D eigenvalue weighted by Crippen LogP contribution is -1.96. The van der Waals surface area contributed by atoms with Crippen LogP contribution in [-0.2, 0) is 0 Å². The molecule has 124 valence electrons. The summed E-state index contributed by atoms with van der Waals surface area (Å²) in [6.07, 6.45) is 1.91. The number of fused-ring (bicyclic) bond motifs is 1. The maximum Gasteiger partial charge on any atom is 0.132 e. The first-order chi connectivity index (χ1) is 12.2. The minimum absolute atomic E-state index is 0.195. The van der Waals surface area contributed by atoms with E-state index in [1.165, 1.54) is 6.07 Å². The molecule has 4 aromatic rings. The van der Waals surface area contributed by atoms with Gasteiger partial charge in [-0.1, -0.05) is 24.3 Å². The third-order valence-corrected chi connectivity index (χ3v) is 4.42. The first-order valence-electron chi connectivity index (χ1n) is 8.19. The van der Waals surface area contributed by atoms with Crippen LogP contribution in [0.2, 0.25) is 0 Å². The molecule has 3 nitrogen and oxygen atoms in total. The Bertz CT molecular complexity index is 1070. The van der Waals surface area contributed by atoms with Crippen molar-refractivity contribution in [1.82, 2.24) is 9.55 Å². The smallest absolute Gasteiger partial charge is 0.132 e. The van der Waals surface area contributed by atoms with Crippen LogP contribution in [0.1, 0.15) is 5.56 Å². The zero-order valence-corrected chi connectivity index (χ0v) is 14.1. The summed E-state index contributed by atoms with van der Waals surface area (Å²) in [6.45, 7) is 2.00. The molecule has 0 bridgehead atoms. The molecule has 4 rings (SSSR count). The summed E-state index contributed by atoms with van der Waals surface area (Å²) in [5.41, 5.74) is 4.84. The molecular weight excluding hydrogens is 313 g/mol. The van der Waals surface area contributed by atoms with E-state index in [4.69, 9.17) is 0 Å². The summed E-state index contributed by atoms with van der Waals surface area (Å²) in [5.74, 6) is 0.631. The van der Waals surface area contributed by atoms with E-state index in [2.05, 4.69) is 16.4 Å². The number of halogens is 1. The Hall–Kier alpha value is -3.14. The van der Waals surface area contributed by atoms with Crippen molar-refractivity contribution in [3.8, 4) is 16.9 Å². The Kier molecular flexibility index (Phi) is 3.73. The van der Waals surface area contributed by atoms with Crippen LogP contribution in [-0.4, -0.2) is 16.6 Å². The highest BCUT2D eigenvalue weighted by atomic mass is 19.1. The Balaban J connectivity index is 1.87. The Morgan fingerprint density at radius 2 is 1.84 bits per heavy atom. The molecule has 25 heavy (non-hydrogen) atoms. The first kappa shape index (κ1) is 15.4. The molecule has 2 aromatic heterocycles. The van der Waals surface area contributed by atoms with Crippen LogP contribution in [0.4, 0.5) is 10.2 Å². The van der Waals surface area contributed by atoms with Crippen molar-refractivity contribution < 1.29 is 4.39 Å². The zero-order chi connectivity index (χ0) is 17.4. The fourth-order valence-corrected chi connectivity index (χ4v) is 3.16. The maximum atomic E-state index is 14.1. The number of hydrogen-bond donors (Lipinski definition) is 1. The van der Waals surface area contributed by atoms with Crippen LogP contribution in [0.15, 0.2) is 66.9 Å². The number of aromatic nitrogens is 2. The summed E-state index contributed by atoms with van der Waals surface area (Å²) in [6, 6.07) is 19.2. The van der Waals surface area contributed by atoms with Gasteiger partial charge in [0, 0.05) is 29.9 Å². The van der Waals surface area contributed by atoms with E-state index in [-0.39, 0.29) is 5.82 Å². The van der Waals surface area contributed by atoms with Crippen molar-refractivity contribution in [3.05, 3.63) is 78.2 Å². The Morgan fingerprint density at radius 3 is 2.68 bits per heavy atom. The summed E-state index contributed by atoms with van der Waals surface area (Å²) in [7, 11) is 1.85. The molecule has 0 fully saturated rings. The molecular formula is C21H18FN3. The van der Waals surface area contributed by atoms with E-state index in [0.717, 1.165) is 33.8 Å². The monoisotopic (exact) mass is 331 g/mol. The van der Waals surface area contributed by atoms with E-state index < -0.39 is 0 Å². The first-order valence-corrected chi connectivity index (χ1v) is 8.19. The van der Waals surface area contributed by atoms with Crippen LogP contribution < -0.4 is 5.32 Å². The number of rotatable bonds is 3. The largest absolute Gasteiger partial charge is 0.373 e. The highest BCUT2D eigenvalue weighted by Gasteiger charge is 2.10. The highest BCUT2D eigenvalue weighted by molar-refractivity contribution is 5.85. The van der Waals surface area contributed by atoms with Crippen molar-refractivity contribution in [3.63, 3.8) is 0 Å². The summed E-state index contributed by atoms with van der Waals surface area (Å²) < 4.78 is 16.1. The van der Waals surface area contributed by atoms with Gasteiger partial charge in [0.15, 0.2) is 0 Å². The average molecular weight is 331 g/mol. The molecule has 2 heterocycles. The van der Waals surface area contributed by atoms with Crippen LogP contribution in [0.3, 0.4) is 0 Å². The highest BCUT2D eigenvalue weighted by Crippen LogP contribution is 2.28. The van der Waals surface area contributed by atoms with Gasteiger partial charge in [-0.25, -0.2) is 9.37 Å². The van der Waals surface area contributed by atoms with Crippen LogP contribution in [0.25, 0.3) is 27.8 Å². The van der Waals surface area contributed by atoms with Crippen LogP contribution in [0.5, 0.6) is 0 Å². The third kappa shape index (κ3) is 2.66. The lowest BCUT2D eigenvalue weighted by molar-refractivity contribution is 0.639. The van der Waals surface area contributed by atoms with Gasteiger partial charge in [-0.2, -0.15) is 0 Å². The number of benzene rings is 2. The quantitative estimate of drug-likeness (QED) is 0.560. The molecule has 0 saturated heterocycles. The predicted molar refractivity (Wildman–Crippen MR) is 101 cm³/mol. The number of aryl methyl sites for hydroxylation is 1. The number of nitrogens with zero attached hydrogens (tertiary/aromatic N) is 2. The minimum atomic E-state index is -0.195. The molecule has 0 atom stereocenters. The molecule has 0 spiro atoms. The topological polar surface area (TPSA) is 29.9 Å². The Labute approximate surface area is 145 Å². The van der Waals surface area contributed by atoms with Gasteiger partial charge in [0.05, 0.1) is 11.2 Å². The second-order valence-electron chi connectivity index (χ2n) is 6.02. The van der Waals surface area contributed by atoms with E-state index in [1.807, 2.05) is 73.3 Å². The van der Waals surface area contributed by atoms with Gasteiger partial charge in [0.1, 0.15) is 11.6 Å². The van der Waals surface area contributed by atoms with Gasteiger partial charge >= 0.3 is 0 Å². The zero-order valence-electron chi connectivity index (χ0n) is 14.1. The van der Waals surface area contributed by atoms with Crippen LogP contribution >= 0.6 is 0 Å². The van der Waals surface area contributed by atoms with Crippen LogP contribution in [0, 0.1) is 12.7 Å². The van der Waals surface area contributed by atoms with Crippen molar-refractivity contribution in [2.75, 3.05) is 12.4 Å². The number of hydrogen-bond acceptors (Lipinski definition) is 2. The predicted octanol–water partition coefficient (Wildman–Crippen LogP) is 5.18. The van der Waals surface area contributed by atoms with Crippen molar-refractivity contribution in [1.29, 1.82) is 0 Å². The normalized spacial score (nSPS) is 11.0. The molecule has 0 aliphatic rings. The molecule has 1 N–H and O–H groups in total. The fraction of sp³-hybridized carbons (Fsp3) is 0.0952.